The molecule has 5 heteroatoms. The molecule has 1 aliphatic carbocycles. The third-order valence-electron chi connectivity index (χ3n) is 4.10. The van der Waals surface area contributed by atoms with Gasteiger partial charge in [-0.15, -0.1) is 0 Å². The fourth-order valence-electron chi connectivity index (χ4n) is 3.06. The van der Waals surface area contributed by atoms with Crippen LogP contribution >= 0.6 is 0 Å². The molecule has 3 rings (SSSR count). The SMILES string of the molecule is N#Cc1cccc(CN2C(=O)NC3(CCCC3)C2=O)c1. The lowest BCUT2D eigenvalue weighted by Gasteiger charge is -2.20. The molecule has 0 atom stereocenters. The third-order valence-corrected chi connectivity index (χ3v) is 4.10. The highest BCUT2D eigenvalue weighted by molar-refractivity contribution is 6.07. The average molecular weight is 269 g/mol. The Morgan fingerprint density at radius 1 is 1.30 bits per heavy atom. The fourth-order valence-corrected chi connectivity index (χ4v) is 3.06. The van der Waals surface area contributed by atoms with Crippen LogP contribution in [0.1, 0.15) is 36.8 Å². The van der Waals surface area contributed by atoms with E-state index >= 15 is 0 Å². The summed E-state index contributed by atoms with van der Waals surface area (Å²) in [7, 11) is 0. The van der Waals surface area contributed by atoms with E-state index in [4.69, 9.17) is 5.26 Å². The molecule has 1 saturated heterocycles. The van der Waals surface area contributed by atoms with Gasteiger partial charge in [-0.3, -0.25) is 9.69 Å². The maximum Gasteiger partial charge on any atom is 0.325 e. The van der Waals surface area contributed by atoms with E-state index < -0.39 is 5.54 Å². The summed E-state index contributed by atoms with van der Waals surface area (Å²) >= 11 is 0. The molecule has 20 heavy (non-hydrogen) atoms. The van der Waals surface area contributed by atoms with E-state index in [0.717, 1.165) is 31.2 Å². The first-order valence-electron chi connectivity index (χ1n) is 6.78. The average Bonchev–Trinajstić information content (AvgIpc) is 3.01. The van der Waals surface area contributed by atoms with Crippen molar-refractivity contribution in [2.45, 2.75) is 37.8 Å². The first-order valence-corrected chi connectivity index (χ1v) is 6.78. The second-order valence-corrected chi connectivity index (χ2v) is 5.42. The molecule has 0 radical (unpaired) electrons. The summed E-state index contributed by atoms with van der Waals surface area (Å²) in [6.45, 7) is 0.224. The Balaban J connectivity index is 1.82. The number of nitriles is 1. The van der Waals surface area contributed by atoms with E-state index in [1.54, 1.807) is 18.2 Å². The van der Waals surface area contributed by atoms with E-state index in [0.29, 0.717) is 5.56 Å². The number of rotatable bonds is 2. The summed E-state index contributed by atoms with van der Waals surface area (Å²) in [5.74, 6) is -0.123. The first-order chi connectivity index (χ1) is 9.64. The van der Waals surface area contributed by atoms with Crippen molar-refractivity contribution in [2.24, 2.45) is 0 Å². The second-order valence-electron chi connectivity index (χ2n) is 5.42. The van der Waals surface area contributed by atoms with Gasteiger partial charge in [-0.2, -0.15) is 5.26 Å². The number of amides is 3. The molecule has 0 unspecified atom stereocenters. The van der Waals surface area contributed by atoms with Crippen LogP contribution in [0.4, 0.5) is 4.79 Å². The molecule has 1 aliphatic heterocycles. The molecule has 1 N–H and O–H groups in total. The summed E-state index contributed by atoms with van der Waals surface area (Å²) in [4.78, 5) is 25.8. The molecular weight excluding hydrogens is 254 g/mol. The Bertz CT molecular complexity index is 612. The van der Waals surface area contributed by atoms with Crippen molar-refractivity contribution in [3.63, 3.8) is 0 Å². The monoisotopic (exact) mass is 269 g/mol. The number of nitrogens with one attached hydrogen (secondary N) is 1. The van der Waals surface area contributed by atoms with Crippen LogP contribution in [0.5, 0.6) is 0 Å². The second kappa shape index (κ2) is 4.64. The minimum Gasteiger partial charge on any atom is -0.323 e. The Hall–Kier alpha value is -2.35. The van der Waals surface area contributed by atoms with Crippen molar-refractivity contribution < 1.29 is 9.59 Å². The molecule has 1 spiro atoms. The van der Waals surface area contributed by atoms with Gasteiger partial charge in [-0.1, -0.05) is 25.0 Å². The highest BCUT2D eigenvalue weighted by atomic mass is 16.2. The van der Waals surface area contributed by atoms with Crippen molar-refractivity contribution >= 4 is 11.9 Å². The first kappa shape index (κ1) is 12.7. The molecule has 0 bridgehead atoms. The van der Waals surface area contributed by atoms with Crippen LogP contribution in [0.2, 0.25) is 0 Å². The largest absolute Gasteiger partial charge is 0.325 e. The van der Waals surface area contributed by atoms with Crippen LogP contribution in [0.25, 0.3) is 0 Å². The van der Waals surface area contributed by atoms with Gasteiger partial charge in [0, 0.05) is 0 Å². The highest BCUT2D eigenvalue weighted by Gasteiger charge is 2.52. The topological polar surface area (TPSA) is 73.2 Å². The zero-order chi connectivity index (χ0) is 14.2. The number of imide groups is 1. The van der Waals surface area contributed by atoms with Gasteiger partial charge < -0.3 is 5.32 Å². The van der Waals surface area contributed by atoms with Gasteiger partial charge in [-0.25, -0.2) is 4.79 Å². The van der Waals surface area contributed by atoms with Crippen LogP contribution in [0, 0.1) is 11.3 Å². The van der Waals surface area contributed by atoms with E-state index in [9.17, 15) is 9.59 Å². The van der Waals surface area contributed by atoms with Gasteiger partial charge in [-0.05, 0) is 30.5 Å². The standard InChI is InChI=1S/C15H15N3O2/c16-9-11-4-3-5-12(8-11)10-18-13(19)15(17-14(18)20)6-1-2-7-15/h3-5,8H,1-2,6-7,10H2,(H,17,20). The van der Waals surface area contributed by atoms with Crippen LogP contribution in [-0.2, 0) is 11.3 Å². The van der Waals surface area contributed by atoms with Crippen molar-refractivity contribution in [1.82, 2.24) is 10.2 Å². The lowest BCUT2D eigenvalue weighted by molar-refractivity contribution is -0.131. The predicted octanol–water partition coefficient (Wildman–Crippen LogP) is 1.92. The van der Waals surface area contributed by atoms with E-state index in [1.165, 1.54) is 4.90 Å². The number of hydrogen-bond acceptors (Lipinski definition) is 3. The Morgan fingerprint density at radius 3 is 2.75 bits per heavy atom. The molecule has 3 amide bonds. The molecule has 2 aliphatic rings. The number of nitrogens with zero attached hydrogens (tertiary/aromatic N) is 2. The molecule has 1 aromatic carbocycles. The number of urea groups is 1. The van der Waals surface area contributed by atoms with E-state index in [-0.39, 0.29) is 18.5 Å². The van der Waals surface area contributed by atoms with Crippen LogP contribution in [-0.4, -0.2) is 22.4 Å². The lowest BCUT2D eigenvalue weighted by atomic mass is 9.98. The van der Waals surface area contributed by atoms with Crippen LogP contribution in [0.15, 0.2) is 24.3 Å². The zero-order valence-corrected chi connectivity index (χ0v) is 11.1. The molecule has 1 heterocycles. The van der Waals surface area contributed by atoms with Crippen molar-refractivity contribution in [3.05, 3.63) is 35.4 Å². The van der Waals surface area contributed by atoms with Crippen molar-refractivity contribution in [2.75, 3.05) is 0 Å². The minimum atomic E-state index is -0.663. The Kier molecular flexibility index (Phi) is 2.94. The van der Waals surface area contributed by atoms with Gasteiger partial charge in [0.05, 0.1) is 18.2 Å². The van der Waals surface area contributed by atoms with Gasteiger partial charge in [0.15, 0.2) is 0 Å². The normalized spacial score (nSPS) is 20.2. The van der Waals surface area contributed by atoms with Gasteiger partial charge >= 0.3 is 6.03 Å². The molecular formula is C15H15N3O2. The van der Waals surface area contributed by atoms with Gasteiger partial charge in [0.25, 0.3) is 5.91 Å². The lowest BCUT2D eigenvalue weighted by Crippen LogP contribution is -2.44. The molecule has 1 aromatic rings. The predicted molar refractivity (Wildman–Crippen MR) is 71.4 cm³/mol. The maximum atomic E-state index is 12.5. The highest BCUT2D eigenvalue weighted by Crippen LogP contribution is 2.35. The molecule has 5 nitrogen and oxygen atoms in total. The minimum absolute atomic E-state index is 0.123. The summed E-state index contributed by atoms with van der Waals surface area (Å²) in [5.41, 5.74) is 0.664. The number of benzene rings is 1. The summed E-state index contributed by atoms with van der Waals surface area (Å²) < 4.78 is 0. The van der Waals surface area contributed by atoms with Crippen molar-refractivity contribution in [3.8, 4) is 6.07 Å². The fraction of sp³-hybridized carbons (Fsp3) is 0.400. The maximum absolute atomic E-state index is 12.5. The Morgan fingerprint density at radius 2 is 2.05 bits per heavy atom. The quantitative estimate of drug-likeness (QED) is 0.834. The van der Waals surface area contributed by atoms with E-state index in [2.05, 4.69) is 11.4 Å². The van der Waals surface area contributed by atoms with E-state index in [1.807, 2.05) is 6.07 Å². The Labute approximate surface area is 117 Å². The zero-order valence-electron chi connectivity index (χ0n) is 11.1. The number of carbonyl (C=O) groups excluding carboxylic acids is 2. The van der Waals surface area contributed by atoms with Crippen molar-refractivity contribution in [1.29, 1.82) is 5.26 Å². The molecule has 2 fully saturated rings. The molecule has 0 aromatic heterocycles. The summed E-state index contributed by atoms with van der Waals surface area (Å²) in [6, 6.07) is 8.73. The smallest absolute Gasteiger partial charge is 0.323 e. The summed E-state index contributed by atoms with van der Waals surface area (Å²) in [5, 5.41) is 11.7. The number of carbonyl (C=O) groups is 2. The molecule has 102 valence electrons. The van der Waals surface area contributed by atoms with Gasteiger partial charge in [0.1, 0.15) is 5.54 Å². The van der Waals surface area contributed by atoms with Gasteiger partial charge in [0.2, 0.25) is 0 Å². The van der Waals surface area contributed by atoms with Crippen LogP contribution < -0.4 is 5.32 Å². The molecule has 1 saturated carbocycles. The van der Waals surface area contributed by atoms with Crippen LogP contribution in [0.3, 0.4) is 0 Å². The third kappa shape index (κ3) is 1.94. The summed E-state index contributed by atoms with van der Waals surface area (Å²) in [6.07, 6.45) is 3.41. The number of hydrogen-bond donors (Lipinski definition) is 1.